The molecule has 0 N–H and O–H groups in total. The van der Waals surface area contributed by atoms with Crippen molar-refractivity contribution in [3.05, 3.63) is 0 Å². The van der Waals surface area contributed by atoms with Crippen LogP contribution in [0, 0.1) is 0 Å². The van der Waals surface area contributed by atoms with E-state index in [1.165, 1.54) is 0 Å². The van der Waals surface area contributed by atoms with Gasteiger partial charge in [0.25, 0.3) is 0 Å². The smallest absolute Gasteiger partial charge is 0.219 e. The maximum absolute atomic E-state index is 10.7. The lowest BCUT2D eigenvalue weighted by molar-refractivity contribution is -0.128. The van der Waals surface area contributed by atoms with Crippen molar-refractivity contribution in [2.45, 2.75) is 13.0 Å². The Morgan fingerprint density at radius 1 is 1.75 bits per heavy atom. The van der Waals surface area contributed by atoms with E-state index in [1.807, 2.05) is 0 Å². The highest BCUT2D eigenvalue weighted by molar-refractivity contribution is 5.72. The van der Waals surface area contributed by atoms with E-state index in [9.17, 15) is 4.79 Å². The van der Waals surface area contributed by atoms with Crippen LogP contribution in [0.25, 0.3) is 0 Å². The molecule has 4 nitrogen and oxygen atoms in total. The van der Waals surface area contributed by atoms with Gasteiger partial charge in [-0.25, -0.2) is 0 Å². The first-order chi connectivity index (χ1) is 5.70. The van der Waals surface area contributed by atoms with Crippen LogP contribution in [0.3, 0.4) is 0 Å². The number of nitrogens with zero attached hydrogens (tertiary/aromatic N) is 1. The van der Waals surface area contributed by atoms with Crippen molar-refractivity contribution >= 4 is 5.91 Å². The van der Waals surface area contributed by atoms with E-state index in [2.05, 4.69) is 0 Å². The third-order valence-corrected chi connectivity index (χ3v) is 1.81. The van der Waals surface area contributed by atoms with Crippen LogP contribution in [0.2, 0.25) is 0 Å². The number of rotatable bonds is 5. The minimum absolute atomic E-state index is 0.0706. The topological polar surface area (TPSA) is 42.1 Å². The lowest BCUT2D eigenvalue weighted by Crippen LogP contribution is -2.28. The zero-order valence-electron chi connectivity index (χ0n) is 7.58. The highest BCUT2D eigenvalue weighted by atomic mass is 16.6. The fourth-order valence-corrected chi connectivity index (χ4v) is 0.738. The number of hydrogen-bond acceptors (Lipinski definition) is 3. The summed E-state index contributed by atoms with van der Waals surface area (Å²) in [5.41, 5.74) is 0. The van der Waals surface area contributed by atoms with E-state index in [0.717, 1.165) is 6.61 Å². The largest absolute Gasteiger partial charge is 0.377 e. The Morgan fingerprint density at radius 3 is 2.92 bits per heavy atom. The molecular weight excluding hydrogens is 158 g/mol. The number of ether oxygens (including phenoxy) is 2. The summed E-state index contributed by atoms with van der Waals surface area (Å²) in [5.74, 6) is 0.0706. The number of carbonyl (C=O) groups excluding carboxylic acids is 1. The quantitative estimate of drug-likeness (QED) is 0.430. The average Bonchev–Trinajstić information content (AvgIpc) is 2.80. The first-order valence-corrected chi connectivity index (χ1v) is 4.11. The molecular formula is C8H15NO3. The fourth-order valence-electron chi connectivity index (χ4n) is 0.738. The number of likely N-dealkylation sites (N-methyl/N-ethyl adjacent to an activating group) is 1. The number of carbonyl (C=O) groups is 1. The molecule has 1 rings (SSSR count). The zero-order valence-corrected chi connectivity index (χ0v) is 7.58. The van der Waals surface area contributed by atoms with Gasteiger partial charge in [-0.1, -0.05) is 0 Å². The normalized spacial score (nSPS) is 20.7. The SMILES string of the molecule is CC(=O)N(C)CCOCC1CO1. The summed E-state index contributed by atoms with van der Waals surface area (Å²) in [7, 11) is 1.76. The van der Waals surface area contributed by atoms with Crippen molar-refractivity contribution in [3.63, 3.8) is 0 Å². The molecule has 1 aliphatic rings. The van der Waals surface area contributed by atoms with Crippen molar-refractivity contribution in [2.24, 2.45) is 0 Å². The van der Waals surface area contributed by atoms with Crippen LogP contribution in [-0.4, -0.2) is 50.3 Å². The maximum atomic E-state index is 10.7. The van der Waals surface area contributed by atoms with Crippen LogP contribution >= 0.6 is 0 Å². The van der Waals surface area contributed by atoms with E-state index in [-0.39, 0.29) is 5.91 Å². The van der Waals surface area contributed by atoms with E-state index >= 15 is 0 Å². The summed E-state index contributed by atoms with van der Waals surface area (Å²) < 4.78 is 10.2. The van der Waals surface area contributed by atoms with E-state index in [0.29, 0.717) is 25.9 Å². The van der Waals surface area contributed by atoms with Crippen molar-refractivity contribution in [1.82, 2.24) is 4.90 Å². The molecule has 12 heavy (non-hydrogen) atoms. The van der Waals surface area contributed by atoms with Gasteiger partial charge >= 0.3 is 0 Å². The van der Waals surface area contributed by atoms with Gasteiger partial charge in [-0.3, -0.25) is 4.79 Å². The van der Waals surface area contributed by atoms with Crippen molar-refractivity contribution < 1.29 is 14.3 Å². The van der Waals surface area contributed by atoms with Gasteiger partial charge in [0.15, 0.2) is 0 Å². The highest BCUT2D eigenvalue weighted by Gasteiger charge is 2.22. The minimum atomic E-state index is 0.0706. The second-order valence-electron chi connectivity index (χ2n) is 2.97. The Hall–Kier alpha value is -0.610. The summed E-state index contributed by atoms with van der Waals surface area (Å²) in [5, 5.41) is 0. The lowest BCUT2D eigenvalue weighted by atomic mass is 10.5. The molecule has 4 heteroatoms. The fraction of sp³-hybridized carbons (Fsp3) is 0.875. The number of epoxide rings is 1. The van der Waals surface area contributed by atoms with Crippen molar-refractivity contribution in [1.29, 1.82) is 0 Å². The Morgan fingerprint density at radius 2 is 2.42 bits per heavy atom. The average molecular weight is 173 g/mol. The molecule has 1 amide bonds. The maximum Gasteiger partial charge on any atom is 0.219 e. The van der Waals surface area contributed by atoms with E-state index < -0.39 is 0 Å². The van der Waals surface area contributed by atoms with Gasteiger partial charge in [0.1, 0.15) is 6.10 Å². The molecule has 70 valence electrons. The second kappa shape index (κ2) is 4.42. The summed E-state index contributed by atoms with van der Waals surface area (Å²) >= 11 is 0. The van der Waals surface area contributed by atoms with Gasteiger partial charge in [-0.05, 0) is 0 Å². The summed E-state index contributed by atoms with van der Waals surface area (Å²) in [4.78, 5) is 12.4. The Bertz CT molecular complexity index is 156. The molecule has 0 saturated carbocycles. The first-order valence-electron chi connectivity index (χ1n) is 4.11. The first kappa shape index (κ1) is 9.48. The molecule has 0 aliphatic carbocycles. The Labute approximate surface area is 72.4 Å². The predicted molar refractivity (Wildman–Crippen MR) is 43.9 cm³/mol. The third kappa shape index (κ3) is 3.69. The van der Waals surface area contributed by atoms with Gasteiger partial charge in [-0.2, -0.15) is 0 Å². The van der Waals surface area contributed by atoms with Crippen LogP contribution < -0.4 is 0 Å². The summed E-state index contributed by atoms with van der Waals surface area (Å²) in [6.07, 6.45) is 0.313. The van der Waals surface area contributed by atoms with Crippen LogP contribution in [0.15, 0.2) is 0 Å². The van der Waals surface area contributed by atoms with Gasteiger partial charge in [0.05, 0.1) is 19.8 Å². The van der Waals surface area contributed by atoms with Crippen LogP contribution in [0.1, 0.15) is 6.92 Å². The van der Waals surface area contributed by atoms with Crippen LogP contribution in [0.5, 0.6) is 0 Å². The Balaban J connectivity index is 1.89. The molecule has 0 spiro atoms. The summed E-state index contributed by atoms with van der Waals surface area (Å²) in [6, 6.07) is 0. The molecule has 1 fully saturated rings. The van der Waals surface area contributed by atoms with Gasteiger partial charge in [0.2, 0.25) is 5.91 Å². The van der Waals surface area contributed by atoms with Crippen LogP contribution in [-0.2, 0) is 14.3 Å². The lowest BCUT2D eigenvalue weighted by Gasteiger charge is -2.13. The molecule has 1 atom stereocenters. The molecule has 0 aromatic heterocycles. The third-order valence-electron chi connectivity index (χ3n) is 1.81. The number of amides is 1. The van der Waals surface area contributed by atoms with Gasteiger partial charge in [-0.15, -0.1) is 0 Å². The zero-order chi connectivity index (χ0) is 8.97. The van der Waals surface area contributed by atoms with E-state index in [1.54, 1.807) is 18.9 Å². The standard InChI is InChI=1S/C8H15NO3/c1-7(10)9(2)3-4-11-5-8-6-12-8/h8H,3-6H2,1-2H3. The minimum Gasteiger partial charge on any atom is -0.377 e. The molecule has 0 bridgehead atoms. The van der Waals surface area contributed by atoms with Gasteiger partial charge in [0, 0.05) is 20.5 Å². The van der Waals surface area contributed by atoms with Gasteiger partial charge < -0.3 is 14.4 Å². The van der Waals surface area contributed by atoms with E-state index in [4.69, 9.17) is 9.47 Å². The predicted octanol–water partition coefficient (Wildman–Crippen LogP) is -0.120. The van der Waals surface area contributed by atoms with Crippen LogP contribution in [0.4, 0.5) is 0 Å². The van der Waals surface area contributed by atoms with Crippen molar-refractivity contribution in [3.8, 4) is 0 Å². The van der Waals surface area contributed by atoms with Crippen molar-refractivity contribution in [2.75, 3.05) is 33.4 Å². The second-order valence-corrected chi connectivity index (χ2v) is 2.97. The molecule has 1 aliphatic heterocycles. The molecule has 0 radical (unpaired) electrons. The molecule has 1 unspecified atom stereocenters. The molecule has 0 aromatic rings. The Kier molecular flexibility index (Phi) is 3.49. The molecule has 1 heterocycles. The monoisotopic (exact) mass is 173 g/mol. The number of hydrogen-bond donors (Lipinski definition) is 0. The molecule has 1 saturated heterocycles. The molecule has 0 aromatic carbocycles. The highest BCUT2D eigenvalue weighted by Crippen LogP contribution is 2.07. The summed E-state index contributed by atoms with van der Waals surface area (Å²) in [6.45, 7) is 4.27.